The van der Waals surface area contributed by atoms with Crippen molar-refractivity contribution >= 4 is 27.6 Å². The van der Waals surface area contributed by atoms with Crippen LogP contribution >= 0.6 is 0 Å². The fourth-order valence-corrected chi connectivity index (χ4v) is 3.52. The molecule has 7 nitrogen and oxygen atoms in total. The Morgan fingerprint density at radius 1 is 1.10 bits per heavy atom. The number of sulfonamides is 1. The lowest BCUT2D eigenvalue weighted by molar-refractivity contribution is -0.123. The summed E-state index contributed by atoms with van der Waals surface area (Å²) in [4.78, 5) is 24.7. The Balaban J connectivity index is 2.14. The smallest absolute Gasteiger partial charge is 0.339 e. The Hall–Kier alpha value is -2.78. The third-order valence-corrected chi connectivity index (χ3v) is 5.71. The molecule has 2 aromatic carbocycles. The lowest BCUT2D eigenvalue weighted by Crippen LogP contribution is -2.30. The van der Waals surface area contributed by atoms with Crippen LogP contribution in [-0.2, 0) is 19.6 Å². The first kappa shape index (κ1) is 22.5. The van der Waals surface area contributed by atoms with E-state index in [9.17, 15) is 22.4 Å². The van der Waals surface area contributed by atoms with Gasteiger partial charge in [0.2, 0.25) is 10.0 Å². The van der Waals surface area contributed by atoms with Crippen molar-refractivity contribution in [2.45, 2.75) is 38.7 Å². The van der Waals surface area contributed by atoms with Crippen LogP contribution in [0.5, 0.6) is 0 Å². The Morgan fingerprint density at radius 3 is 2.38 bits per heavy atom. The number of carbonyl (C=O) groups excluding carboxylic acids is 2. The summed E-state index contributed by atoms with van der Waals surface area (Å²) in [5.74, 6) is -1.95. The molecule has 9 heteroatoms. The molecule has 1 atom stereocenters. The maximum Gasteiger partial charge on any atom is 0.339 e. The van der Waals surface area contributed by atoms with Crippen molar-refractivity contribution in [3.8, 4) is 0 Å². The monoisotopic (exact) mass is 422 g/mol. The van der Waals surface area contributed by atoms with Crippen LogP contribution in [0.25, 0.3) is 0 Å². The van der Waals surface area contributed by atoms with Crippen molar-refractivity contribution in [3.63, 3.8) is 0 Å². The summed E-state index contributed by atoms with van der Waals surface area (Å²) >= 11 is 0. The zero-order valence-corrected chi connectivity index (χ0v) is 17.4. The molecular formula is C20H23FN2O5S. The van der Waals surface area contributed by atoms with Gasteiger partial charge in [0.25, 0.3) is 5.91 Å². The quantitative estimate of drug-likeness (QED) is 0.668. The summed E-state index contributed by atoms with van der Waals surface area (Å²) in [5, 5.41) is 2.47. The van der Waals surface area contributed by atoms with Gasteiger partial charge in [0.05, 0.1) is 10.5 Å². The highest BCUT2D eigenvalue weighted by Crippen LogP contribution is 2.18. The Kier molecular flexibility index (Phi) is 7.10. The number of halogens is 1. The van der Waals surface area contributed by atoms with Crippen molar-refractivity contribution < 1.29 is 27.1 Å². The van der Waals surface area contributed by atoms with Gasteiger partial charge in [-0.15, -0.1) is 0 Å². The van der Waals surface area contributed by atoms with Gasteiger partial charge in [-0.1, -0.05) is 19.1 Å². The molecule has 29 heavy (non-hydrogen) atoms. The minimum Gasteiger partial charge on any atom is -0.449 e. The first-order valence-corrected chi connectivity index (χ1v) is 10.4. The van der Waals surface area contributed by atoms with Crippen LogP contribution in [-0.4, -0.2) is 32.9 Å². The van der Waals surface area contributed by atoms with E-state index in [1.54, 1.807) is 20.8 Å². The van der Waals surface area contributed by atoms with Gasteiger partial charge in [0.15, 0.2) is 6.10 Å². The second kappa shape index (κ2) is 9.15. The first-order chi connectivity index (χ1) is 13.5. The van der Waals surface area contributed by atoms with E-state index in [4.69, 9.17) is 4.74 Å². The van der Waals surface area contributed by atoms with E-state index < -0.39 is 33.8 Å². The van der Waals surface area contributed by atoms with Crippen molar-refractivity contribution in [3.05, 3.63) is 58.9 Å². The fraction of sp³-hybridized carbons (Fsp3) is 0.300. The molecule has 0 spiro atoms. The summed E-state index contributed by atoms with van der Waals surface area (Å²) < 4.78 is 45.4. The molecule has 0 aliphatic rings. The van der Waals surface area contributed by atoms with E-state index in [0.717, 1.165) is 0 Å². The van der Waals surface area contributed by atoms with Crippen LogP contribution in [0.4, 0.5) is 10.1 Å². The highest BCUT2D eigenvalue weighted by molar-refractivity contribution is 7.89. The number of amides is 1. The largest absolute Gasteiger partial charge is 0.449 e. The van der Waals surface area contributed by atoms with Gasteiger partial charge < -0.3 is 10.1 Å². The Morgan fingerprint density at radius 2 is 1.76 bits per heavy atom. The van der Waals surface area contributed by atoms with Crippen LogP contribution in [0.15, 0.2) is 41.3 Å². The molecule has 0 aliphatic carbocycles. The SMILES string of the molecule is CCNS(=O)(=O)c1ccc(C)c(C(=O)OC(C)C(=O)Nc2ccc(C)c(F)c2)c1. The van der Waals surface area contributed by atoms with Gasteiger partial charge in [-0.05, 0) is 56.2 Å². The summed E-state index contributed by atoms with van der Waals surface area (Å²) in [7, 11) is -3.75. The number of aryl methyl sites for hydroxylation is 2. The molecule has 0 aliphatic heterocycles. The van der Waals surface area contributed by atoms with Crippen LogP contribution < -0.4 is 10.0 Å². The number of hydrogen-bond donors (Lipinski definition) is 2. The van der Waals surface area contributed by atoms with Gasteiger partial charge in [0, 0.05) is 12.2 Å². The third-order valence-electron chi connectivity index (χ3n) is 4.17. The molecule has 1 unspecified atom stereocenters. The number of nitrogens with one attached hydrogen (secondary N) is 2. The fourth-order valence-electron chi connectivity index (χ4n) is 2.45. The number of rotatable bonds is 7. The predicted octanol–water partition coefficient (Wildman–Crippen LogP) is 2.92. The molecule has 1 amide bonds. The van der Waals surface area contributed by atoms with E-state index in [1.807, 2.05) is 0 Å². The molecule has 0 radical (unpaired) electrons. The summed E-state index contributed by atoms with van der Waals surface area (Å²) in [5.41, 5.74) is 1.20. The second-order valence-electron chi connectivity index (χ2n) is 6.48. The Labute approximate surface area is 169 Å². The normalized spacial score (nSPS) is 12.3. The van der Waals surface area contributed by atoms with Crippen LogP contribution in [0.1, 0.15) is 35.3 Å². The molecule has 0 saturated heterocycles. The standard InChI is InChI=1S/C20H23FN2O5S/c1-5-22-29(26,27)16-9-7-12(2)17(11-16)20(25)28-14(4)19(24)23-15-8-6-13(3)18(21)10-15/h6-11,14,22H,5H2,1-4H3,(H,23,24). The molecule has 156 valence electrons. The van der Waals surface area contributed by atoms with E-state index in [2.05, 4.69) is 10.0 Å². The number of esters is 1. The van der Waals surface area contributed by atoms with E-state index >= 15 is 0 Å². The van der Waals surface area contributed by atoms with E-state index in [1.165, 1.54) is 43.3 Å². The molecule has 0 fully saturated rings. The van der Waals surface area contributed by atoms with Gasteiger partial charge in [-0.25, -0.2) is 22.3 Å². The maximum absolute atomic E-state index is 13.6. The highest BCUT2D eigenvalue weighted by Gasteiger charge is 2.22. The molecule has 0 heterocycles. The van der Waals surface area contributed by atoms with Gasteiger partial charge in [-0.2, -0.15) is 0 Å². The number of ether oxygens (including phenoxy) is 1. The highest BCUT2D eigenvalue weighted by atomic mass is 32.2. The second-order valence-corrected chi connectivity index (χ2v) is 8.25. The zero-order chi connectivity index (χ0) is 21.8. The molecule has 0 bridgehead atoms. The number of anilines is 1. The lowest BCUT2D eigenvalue weighted by atomic mass is 10.1. The average molecular weight is 422 g/mol. The molecule has 2 aromatic rings. The topological polar surface area (TPSA) is 102 Å². The average Bonchev–Trinajstić information content (AvgIpc) is 2.64. The molecule has 0 saturated carbocycles. The van der Waals surface area contributed by atoms with Crippen LogP contribution in [0.3, 0.4) is 0 Å². The van der Waals surface area contributed by atoms with E-state index in [0.29, 0.717) is 11.1 Å². The Bertz CT molecular complexity index is 1040. The molecule has 2 N–H and O–H groups in total. The zero-order valence-electron chi connectivity index (χ0n) is 16.6. The van der Waals surface area contributed by atoms with Crippen molar-refractivity contribution in [2.75, 3.05) is 11.9 Å². The summed E-state index contributed by atoms with van der Waals surface area (Å²) in [6.45, 7) is 6.43. The first-order valence-electron chi connectivity index (χ1n) is 8.93. The molecule has 0 aromatic heterocycles. The van der Waals surface area contributed by atoms with Crippen LogP contribution in [0.2, 0.25) is 0 Å². The maximum atomic E-state index is 13.6. The third kappa shape index (κ3) is 5.61. The number of benzene rings is 2. The predicted molar refractivity (Wildman–Crippen MR) is 107 cm³/mol. The van der Waals surface area contributed by atoms with Crippen LogP contribution in [0, 0.1) is 19.7 Å². The molecule has 2 rings (SSSR count). The number of carbonyl (C=O) groups is 2. The minimum absolute atomic E-state index is 0.0324. The molecular weight excluding hydrogens is 399 g/mol. The summed E-state index contributed by atoms with van der Waals surface area (Å²) in [6, 6.07) is 8.29. The van der Waals surface area contributed by atoms with E-state index in [-0.39, 0.29) is 22.7 Å². The van der Waals surface area contributed by atoms with Crippen molar-refractivity contribution in [1.82, 2.24) is 4.72 Å². The van der Waals surface area contributed by atoms with Gasteiger partial charge in [0.1, 0.15) is 5.82 Å². The van der Waals surface area contributed by atoms with Crippen molar-refractivity contribution in [2.24, 2.45) is 0 Å². The minimum atomic E-state index is -3.75. The van der Waals surface area contributed by atoms with Gasteiger partial charge >= 0.3 is 5.97 Å². The lowest BCUT2D eigenvalue weighted by Gasteiger charge is -2.15. The van der Waals surface area contributed by atoms with Crippen molar-refractivity contribution in [1.29, 1.82) is 0 Å². The number of hydrogen-bond acceptors (Lipinski definition) is 5. The van der Waals surface area contributed by atoms with Gasteiger partial charge in [-0.3, -0.25) is 4.79 Å². The summed E-state index contributed by atoms with van der Waals surface area (Å²) in [6.07, 6.45) is -1.18.